The fourth-order valence-electron chi connectivity index (χ4n) is 2.60. The number of nitrogens with one attached hydrogen (secondary N) is 1. The highest BCUT2D eigenvalue weighted by atomic mass is 19.1. The fraction of sp³-hybridized carbons (Fsp3) is 0.263. The maximum atomic E-state index is 14.3. The minimum atomic E-state index is -1.12. The van der Waals surface area contributed by atoms with E-state index >= 15 is 0 Å². The number of hydrogen-bond donors (Lipinski definition) is 2. The van der Waals surface area contributed by atoms with Gasteiger partial charge in [0.2, 0.25) is 0 Å². The Morgan fingerprint density at radius 1 is 1.04 bits per heavy atom. The second kappa shape index (κ2) is 7.86. The van der Waals surface area contributed by atoms with Crippen molar-refractivity contribution in [1.82, 2.24) is 5.32 Å². The first-order chi connectivity index (χ1) is 12.3. The summed E-state index contributed by atoms with van der Waals surface area (Å²) < 4.78 is 24.5. The molecule has 138 valence electrons. The number of carbonyl (C=O) groups is 2. The molecule has 2 aromatic rings. The quantitative estimate of drug-likeness (QED) is 0.824. The molecular weight excluding hydrogens is 341 g/mol. The summed E-state index contributed by atoms with van der Waals surface area (Å²) in [6.45, 7) is 3.32. The molecule has 7 heteroatoms. The van der Waals surface area contributed by atoms with Crippen LogP contribution in [0.5, 0.6) is 11.5 Å². The van der Waals surface area contributed by atoms with E-state index in [0.29, 0.717) is 11.3 Å². The molecule has 1 unspecified atom stereocenters. The number of rotatable bonds is 6. The van der Waals surface area contributed by atoms with E-state index in [1.54, 1.807) is 19.9 Å². The molecule has 0 spiro atoms. The molecule has 0 bridgehead atoms. The van der Waals surface area contributed by atoms with Gasteiger partial charge in [-0.3, -0.25) is 4.79 Å². The van der Waals surface area contributed by atoms with Crippen LogP contribution in [0.2, 0.25) is 0 Å². The maximum Gasteiger partial charge on any atom is 0.335 e. The number of carboxylic acid groups (broad SMARTS) is 1. The number of hydrogen-bond acceptors (Lipinski definition) is 4. The number of ether oxygens (including phenoxy) is 2. The molecule has 0 heterocycles. The molecule has 1 amide bonds. The van der Waals surface area contributed by atoms with Gasteiger partial charge in [0, 0.05) is 17.2 Å². The van der Waals surface area contributed by atoms with Gasteiger partial charge in [0.25, 0.3) is 5.91 Å². The molecule has 1 atom stereocenters. The fourth-order valence-corrected chi connectivity index (χ4v) is 2.60. The van der Waals surface area contributed by atoms with E-state index in [2.05, 4.69) is 5.32 Å². The Hall–Kier alpha value is -3.09. The molecule has 0 saturated heterocycles. The second-order valence-electron chi connectivity index (χ2n) is 5.82. The monoisotopic (exact) mass is 361 g/mol. The van der Waals surface area contributed by atoms with Gasteiger partial charge in [0.05, 0.1) is 25.8 Å². The smallest absolute Gasteiger partial charge is 0.335 e. The lowest BCUT2D eigenvalue weighted by molar-refractivity contribution is 0.0696. The number of carbonyl (C=O) groups excluding carboxylic acids is 1. The minimum Gasteiger partial charge on any atom is -0.493 e. The van der Waals surface area contributed by atoms with Gasteiger partial charge < -0.3 is 19.9 Å². The highest BCUT2D eigenvalue weighted by Crippen LogP contribution is 2.32. The summed E-state index contributed by atoms with van der Waals surface area (Å²) in [4.78, 5) is 23.6. The molecule has 2 rings (SSSR count). The van der Waals surface area contributed by atoms with Gasteiger partial charge in [-0.05, 0) is 43.7 Å². The highest BCUT2D eigenvalue weighted by Gasteiger charge is 2.19. The van der Waals surface area contributed by atoms with Gasteiger partial charge in [0.1, 0.15) is 5.82 Å². The second-order valence-corrected chi connectivity index (χ2v) is 5.82. The molecule has 0 aromatic heterocycles. The summed E-state index contributed by atoms with van der Waals surface area (Å²) in [7, 11) is 2.84. The van der Waals surface area contributed by atoms with Crippen molar-refractivity contribution in [2.24, 2.45) is 0 Å². The van der Waals surface area contributed by atoms with Crippen molar-refractivity contribution in [3.8, 4) is 11.5 Å². The first kappa shape index (κ1) is 19.2. The summed E-state index contributed by atoms with van der Waals surface area (Å²) in [6.07, 6.45) is 0. The number of amides is 1. The molecule has 0 radical (unpaired) electrons. The van der Waals surface area contributed by atoms with Crippen LogP contribution in [0.4, 0.5) is 4.39 Å². The molecule has 2 aromatic carbocycles. The summed E-state index contributed by atoms with van der Waals surface area (Å²) in [5, 5.41) is 11.8. The van der Waals surface area contributed by atoms with Crippen LogP contribution in [-0.2, 0) is 0 Å². The lowest BCUT2D eigenvalue weighted by atomic mass is 10.0. The molecule has 0 saturated carbocycles. The van der Waals surface area contributed by atoms with Gasteiger partial charge in [0.15, 0.2) is 11.5 Å². The number of methoxy groups -OCH3 is 2. The lowest BCUT2D eigenvalue weighted by Crippen LogP contribution is -2.27. The summed E-state index contributed by atoms with van der Waals surface area (Å²) >= 11 is 0. The highest BCUT2D eigenvalue weighted by molar-refractivity contribution is 5.98. The van der Waals surface area contributed by atoms with Crippen LogP contribution in [0.25, 0.3) is 0 Å². The van der Waals surface area contributed by atoms with E-state index in [-0.39, 0.29) is 22.4 Å². The largest absolute Gasteiger partial charge is 0.493 e. The third kappa shape index (κ3) is 4.11. The molecule has 0 fully saturated rings. The van der Waals surface area contributed by atoms with Crippen molar-refractivity contribution in [2.45, 2.75) is 19.9 Å². The van der Waals surface area contributed by atoms with Gasteiger partial charge in [-0.2, -0.15) is 0 Å². The number of halogens is 1. The Labute approximate surface area is 150 Å². The van der Waals surface area contributed by atoms with Crippen molar-refractivity contribution >= 4 is 11.9 Å². The van der Waals surface area contributed by atoms with E-state index < -0.39 is 23.7 Å². The van der Waals surface area contributed by atoms with E-state index in [0.717, 1.165) is 0 Å². The van der Waals surface area contributed by atoms with Crippen molar-refractivity contribution in [2.75, 3.05) is 14.2 Å². The molecule has 6 nitrogen and oxygen atoms in total. The Morgan fingerprint density at radius 3 is 2.19 bits per heavy atom. The number of aryl methyl sites for hydroxylation is 1. The van der Waals surface area contributed by atoms with E-state index in [9.17, 15) is 14.0 Å². The van der Waals surface area contributed by atoms with Gasteiger partial charge in [-0.15, -0.1) is 0 Å². The van der Waals surface area contributed by atoms with Crippen LogP contribution in [0.15, 0.2) is 30.3 Å². The van der Waals surface area contributed by atoms with Crippen molar-refractivity contribution in [3.05, 3.63) is 58.4 Å². The minimum absolute atomic E-state index is 0.0140. The van der Waals surface area contributed by atoms with Crippen molar-refractivity contribution in [1.29, 1.82) is 0 Å². The van der Waals surface area contributed by atoms with Crippen molar-refractivity contribution < 1.29 is 28.6 Å². The average molecular weight is 361 g/mol. The topological polar surface area (TPSA) is 84.9 Å². The summed E-state index contributed by atoms with van der Waals surface area (Å²) in [5.41, 5.74) is 1.07. The Balaban J connectivity index is 2.29. The number of carboxylic acids is 1. The van der Waals surface area contributed by atoms with Gasteiger partial charge in [-0.1, -0.05) is 0 Å². The zero-order chi connectivity index (χ0) is 19.4. The molecule has 0 aliphatic carbocycles. The first-order valence-electron chi connectivity index (χ1n) is 7.84. The van der Waals surface area contributed by atoms with E-state index in [1.807, 2.05) is 0 Å². The van der Waals surface area contributed by atoms with Crippen LogP contribution in [-0.4, -0.2) is 31.2 Å². The molecule has 0 aliphatic heterocycles. The lowest BCUT2D eigenvalue weighted by Gasteiger charge is -2.18. The number of benzene rings is 2. The maximum absolute atomic E-state index is 14.3. The predicted molar refractivity (Wildman–Crippen MR) is 93.5 cm³/mol. The molecule has 2 N–H and O–H groups in total. The molecule has 0 aliphatic rings. The Morgan fingerprint density at radius 2 is 1.62 bits per heavy atom. The SMILES string of the molecule is COc1cc(F)c(C(C)NC(=O)c2cc(C)cc(C(=O)O)c2)cc1OC. The van der Waals surface area contributed by atoms with Crippen LogP contribution in [0, 0.1) is 12.7 Å². The number of aromatic carboxylic acids is 1. The van der Waals surface area contributed by atoms with Gasteiger partial charge in [-0.25, -0.2) is 9.18 Å². The Kier molecular flexibility index (Phi) is 5.82. The predicted octanol–water partition coefficient (Wildman–Crippen LogP) is 3.34. The molecule has 26 heavy (non-hydrogen) atoms. The summed E-state index contributed by atoms with van der Waals surface area (Å²) in [5.74, 6) is -1.59. The zero-order valence-electron chi connectivity index (χ0n) is 14.9. The third-order valence-electron chi connectivity index (χ3n) is 3.90. The summed E-state index contributed by atoms with van der Waals surface area (Å²) in [6, 6.07) is 6.29. The third-order valence-corrected chi connectivity index (χ3v) is 3.90. The first-order valence-corrected chi connectivity index (χ1v) is 7.84. The normalized spacial score (nSPS) is 11.6. The van der Waals surface area contributed by atoms with Crippen LogP contribution < -0.4 is 14.8 Å². The van der Waals surface area contributed by atoms with Crippen LogP contribution in [0.3, 0.4) is 0 Å². The molecular formula is C19H20FNO5. The van der Waals surface area contributed by atoms with E-state index in [1.165, 1.54) is 38.5 Å². The van der Waals surface area contributed by atoms with Crippen LogP contribution >= 0.6 is 0 Å². The standard InChI is InChI=1S/C19H20FNO5/c1-10-5-12(7-13(6-10)19(23)24)18(22)21-11(2)14-8-16(25-3)17(26-4)9-15(14)20/h5-9,11H,1-4H3,(H,21,22)(H,23,24). The Bertz CT molecular complexity index is 850. The zero-order valence-corrected chi connectivity index (χ0v) is 14.9. The van der Waals surface area contributed by atoms with E-state index in [4.69, 9.17) is 14.6 Å². The van der Waals surface area contributed by atoms with Crippen LogP contribution in [0.1, 0.15) is 44.8 Å². The van der Waals surface area contributed by atoms with Gasteiger partial charge >= 0.3 is 5.97 Å². The average Bonchev–Trinajstić information content (AvgIpc) is 2.60. The van der Waals surface area contributed by atoms with Crippen molar-refractivity contribution in [3.63, 3.8) is 0 Å².